The quantitative estimate of drug-likeness (QED) is 0.177. The summed E-state index contributed by atoms with van der Waals surface area (Å²) in [5, 5.41) is 0. The van der Waals surface area contributed by atoms with Crippen LogP contribution >= 0.6 is 0 Å². The molecule has 42 heavy (non-hydrogen) atoms. The molecule has 0 bridgehead atoms. The number of rotatable bonds is 15. The van der Waals surface area contributed by atoms with E-state index < -0.39 is 0 Å². The standard InChI is InChI=1S/C36H44O6/c1-4-14-29(15-5-1)25-37-28-34-36(41-27-31-18-8-3-9-19-31)33(40-26-30-16-6-2-7-17-30)24-32(42-34)20-10-12-22-38-35-21-11-13-23-39-35/h1-9,14-20,33-36H,10-13,21-28H2/b32-20-/t33-,34-,35?,36+/m1/s1. The Balaban J connectivity index is 1.25. The first-order valence-electron chi connectivity index (χ1n) is 15.3. The van der Waals surface area contributed by atoms with Crippen molar-refractivity contribution in [1.29, 1.82) is 0 Å². The molecule has 5 rings (SSSR count). The van der Waals surface area contributed by atoms with Crippen LogP contribution in [-0.4, -0.2) is 44.4 Å². The second kappa shape index (κ2) is 17.2. The summed E-state index contributed by atoms with van der Waals surface area (Å²) in [6, 6.07) is 30.7. The maximum Gasteiger partial charge on any atom is 0.157 e. The van der Waals surface area contributed by atoms with Gasteiger partial charge in [-0.25, -0.2) is 0 Å². The van der Waals surface area contributed by atoms with E-state index in [2.05, 4.69) is 42.5 Å². The third kappa shape index (κ3) is 10.1. The minimum absolute atomic E-state index is 0.0539. The Morgan fingerprint density at radius 2 is 1.36 bits per heavy atom. The summed E-state index contributed by atoms with van der Waals surface area (Å²) in [7, 11) is 0. The van der Waals surface area contributed by atoms with E-state index in [1.54, 1.807) is 0 Å². The van der Waals surface area contributed by atoms with Crippen molar-refractivity contribution in [2.45, 2.75) is 82.9 Å². The smallest absolute Gasteiger partial charge is 0.157 e. The van der Waals surface area contributed by atoms with Crippen LogP contribution < -0.4 is 0 Å². The monoisotopic (exact) mass is 572 g/mol. The highest BCUT2D eigenvalue weighted by molar-refractivity contribution is 5.16. The molecule has 1 unspecified atom stereocenters. The summed E-state index contributed by atoms with van der Waals surface area (Å²) >= 11 is 0. The van der Waals surface area contributed by atoms with Gasteiger partial charge in [-0.2, -0.15) is 0 Å². The van der Waals surface area contributed by atoms with E-state index in [1.807, 2.05) is 54.6 Å². The van der Waals surface area contributed by atoms with E-state index in [9.17, 15) is 0 Å². The van der Waals surface area contributed by atoms with Crippen LogP contribution in [0.25, 0.3) is 0 Å². The van der Waals surface area contributed by atoms with E-state index in [0.717, 1.165) is 54.7 Å². The lowest BCUT2D eigenvalue weighted by molar-refractivity contribution is -0.178. The summed E-state index contributed by atoms with van der Waals surface area (Å²) in [4.78, 5) is 0. The van der Waals surface area contributed by atoms with Gasteiger partial charge in [-0.15, -0.1) is 0 Å². The molecular formula is C36H44O6. The average Bonchev–Trinajstić information content (AvgIpc) is 3.05. The summed E-state index contributed by atoms with van der Waals surface area (Å²) < 4.78 is 37.5. The third-order valence-electron chi connectivity index (χ3n) is 7.59. The van der Waals surface area contributed by atoms with Crippen molar-refractivity contribution in [3.63, 3.8) is 0 Å². The van der Waals surface area contributed by atoms with Gasteiger partial charge in [0.05, 0.1) is 44.9 Å². The fourth-order valence-corrected chi connectivity index (χ4v) is 5.31. The normalized spacial score (nSPS) is 23.5. The molecule has 2 saturated heterocycles. The highest BCUT2D eigenvalue weighted by atomic mass is 16.7. The zero-order valence-corrected chi connectivity index (χ0v) is 24.5. The molecule has 0 saturated carbocycles. The zero-order chi connectivity index (χ0) is 28.7. The van der Waals surface area contributed by atoms with Crippen LogP contribution in [0, 0.1) is 0 Å². The molecule has 4 atom stereocenters. The molecule has 0 spiro atoms. The SMILES string of the molecule is C(/CCCOC1CCCCO1)=C1\C[C@@H](OCc2ccccc2)[C@H](OCc2ccccc2)[C@@H](COCc2ccccc2)O1. The molecular weight excluding hydrogens is 528 g/mol. The summed E-state index contributed by atoms with van der Waals surface area (Å²) in [5.74, 6) is 0.926. The van der Waals surface area contributed by atoms with Crippen molar-refractivity contribution in [2.24, 2.45) is 0 Å². The molecule has 2 aliphatic rings. The van der Waals surface area contributed by atoms with Crippen LogP contribution in [0.15, 0.2) is 103 Å². The van der Waals surface area contributed by atoms with Gasteiger partial charge in [-0.05, 0) is 54.9 Å². The van der Waals surface area contributed by atoms with Crippen molar-refractivity contribution >= 4 is 0 Å². The van der Waals surface area contributed by atoms with Gasteiger partial charge in [0.25, 0.3) is 0 Å². The predicted octanol–water partition coefficient (Wildman–Crippen LogP) is 7.37. The Labute approximate surface area is 250 Å². The molecule has 2 fully saturated rings. The molecule has 6 heteroatoms. The second-order valence-electron chi connectivity index (χ2n) is 10.9. The van der Waals surface area contributed by atoms with Gasteiger partial charge in [0.1, 0.15) is 6.10 Å². The van der Waals surface area contributed by atoms with Gasteiger partial charge in [-0.3, -0.25) is 0 Å². The Hall–Kier alpha value is -3.00. The van der Waals surface area contributed by atoms with Crippen LogP contribution in [0.1, 0.15) is 55.2 Å². The molecule has 3 aromatic rings. The highest BCUT2D eigenvalue weighted by Crippen LogP contribution is 2.30. The summed E-state index contributed by atoms with van der Waals surface area (Å²) in [6.45, 7) is 3.38. The van der Waals surface area contributed by atoms with E-state index in [0.29, 0.717) is 39.5 Å². The molecule has 0 aliphatic carbocycles. The van der Waals surface area contributed by atoms with Gasteiger partial charge in [0.2, 0.25) is 0 Å². The first-order chi connectivity index (χ1) is 20.8. The third-order valence-corrected chi connectivity index (χ3v) is 7.59. The maximum atomic E-state index is 6.57. The molecule has 2 heterocycles. The predicted molar refractivity (Wildman–Crippen MR) is 162 cm³/mol. The lowest BCUT2D eigenvalue weighted by Crippen LogP contribution is -2.48. The first kappa shape index (κ1) is 30.5. The van der Waals surface area contributed by atoms with Crippen molar-refractivity contribution < 1.29 is 28.4 Å². The Morgan fingerprint density at radius 1 is 0.714 bits per heavy atom. The number of hydrogen-bond acceptors (Lipinski definition) is 6. The van der Waals surface area contributed by atoms with E-state index in [4.69, 9.17) is 28.4 Å². The number of ether oxygens (including phenoxy) is 6. The van der Waals surface area contributed by atoms with Crippen LogP contribution in [0.5, 0.6) is 0 Å². The van der Waals surface area contributed by atoms with Crippen LogP contribution in [-0.2, 0) is 48.2 Å². The summed E-state index contributed by atoms with van der Waals surface area (Å²) in [5.41, 5.74) is 3.38. The van der Waals surface area contributed by atoms with Gasteiger partial charge >= 0.3 is 0 Å². The van der Waals surface area contributed by atoms with Crippen LogP contribution in [0.4, 0.5) is 0 Å². The lowest BCUT2D eigenvalue weighted by atomic mass is 9.99. The Kier molecular flexibility index (Phi) is 12.5. The van der Waals surface area contributed by atoms with Crippen molar-refractivity contribution in [1.82, 2.24) is 0 Å². The molecule has 3 aromatic carbocycles. The first-order valence-corrected chi connectivity index (χ1v) is 15.3. The number of hydrogen-bond donors (Lipinski definition) is 0. The van der Waals surface area contributed by atoms with Gasteiger partial charge < -0.3 is 28.4 Å². The van der Waals surface area contributed by atoms with Gasteiger partial charge in [0.15, 0.2) is 12.4 Å². The largest absolute Gasteiger partial charge is 0.490 e. The zero-order valence-electron chi connectivity index (χ0n) is 24.5. The highest BCUT2D eigenvalue weighted by Gasteiger charge is 2.39. The fourth-order valence-electron chi connectivity index (χ4n) is 5.31. The molecule has 6 nitrogen and oxygen atoms in total. The molecule has 0 N–H and O–H groups in total. The molecule has 0 aromatic heterocycles. The van der Waals surface area contributed by atoms with Crippen molar-refractivity contribution in [3.8, 4) is 0 Å². The van der Waals surface area contributed by atoms with Crippen LogP contribution in [0.2, 0.25) is 0 Å². The molecule has 0 amide bonds. The molecule has 2 aliphatic heterocycles. The van der Waals surface area contributed by atoms with E-state index in [-0.39, 0.29) is 24.6 Å². The van der Waals surface area contributed by atoms with Gasteiger partial charge in [0, 0.05) is 13.0 Å². The van der Waals surface area contributed by atoms with Crippen LogP contribution in [0.3, 0.4) is 0 Å². The maximum absolute atomic E-state index is 6.57. The van der Waals surface area contributed by atoms with Crippen molar-refractivity contribution in [2.75, 3.05) is 19.8 Å². The molecule has 224 valence electrons. The average molecular weight is 573 g/mol. The fraction of sp³-hybridized carbons (Fsp3) is 0.444. The second-order valence-corrected chi connectivity index (χ2v) is 10.9. The minimum atomic E-state index is -0.301. The number of benzene rings is 3. The van der Waals surface area contributed by atoms with Crippen molar-refractivity contribution in [3.05, 3.63) is 120 Å². The summed E-state index contributed by atoms with van der Waals surface area (Å²) in [6.07, 6.45) is 7.07. The minimum Gasteiger partial charge on any atom is -0.490 e. The van der Waals surface area contributed by atoms with E-state index >= 15 is 0 Å². The van der Waals surface area contributed by atoms with Gasteiger partial charge in [-0.1, -0.05) is 91.0 Å². The number of allylic oxidation sites excluding steroid dienone is 1. The number of unbranched alkanes of at least 4 members (excludes halogenated alkanes) is 1. The van der Waals surface area contributed by atoms with E-state index in [1.165, 1.54) is 6.42 Å². The Bertz CT molecular complexity index is 1160. The molecule has 0 radical (unpaired) electrons. The Morgan fingerprint density at radius 3 is 2.00 bits per heavy atom. The topological polar surface area (TPSA) is 55.4 Å². The lowest BCUT2D eigenvalue weighted by Gasteiger charge is -2.39.